The molecule has 0 spiro atoms. The number of aliphatic carboxylic acids is 1. The van der Waals surface area contributed by atoms with E-state index in [0.29, 0.717) is 5.69 Å². The molecule has 1 aromatic heterocycles. The Balaban J connectivity index is 3.03. The summed E-state index contributed by atoms with van der Waals surface area (Å²) in [4.78, 5) is 66.5. The Morgan fingerprint density at radius 1 is 1.00 bits per heavy atom. The quantitative estimate of drug-likeness (QED) is 0.133. The van der Waals surface area contributed by atoms with Gasteiger partial charge in [-0.25, -0.2) is 9.78 Å². The lowest BCUT2D eigenvalue weighted by Gasteiger charge is -2.26. The Morgan fingerprint density at radius 2 is 1.61 bits per heavy atom. The fraction of sp³-hybridized carbons (Fsp3) is 0.556. The van der Waals surface area contributed by atoms with Crippen LogP contribution in [0, 0.1) is 0 Å². The van der Waals surface area contributed by atoms with Crippen molar-refractivity contribution in [1.29, 1.82) is 0 Å². The number of aliphatic hydroxyl groups excluding tert-OH is 2. The molecular weight excluding hydrogens is 442 g/mol. The number of hydrogen-bond donors (Lipinski definition) is 9. The fourth-order valence-electron chi connectivity index (χ4n) is 2.63. The van der Waals surface area contributed by atoms with E-state index in [0.717, 1.165) is 0 Å². The number of amides is 4. The standard InChI is InChI=1S/C18H29N7O8/c1-7(26)13(20)16(30)23-10(3-9-5-21-6-22-9)15(29)25-14(8(2)27)17(31)24-11(18(32)33)4-12(19)28/h5-8,10-11,13-14,26-27H,3-4,20H2,1-2H3,(H2,19,28)(H,21,22)(H,23,30)(H,24,31)(H,25,29)(H,32,33). The van der Waals surface area contributed by atoms with Crippen LogP contribution in [0.5, 0.6) is 0 Å². The van der Waals surface area contributed by atoms with Gasteiger partial charge in [0.05, 0.1) is 25.0 Å². The van der Waals surface area contributed by atoms with E-state index in [1.54, 1.807) is 0 Å². The van der Waals surface area contributed by atoms with Crippen LogP contribution >= 0.6 is 0 Å². The molecule has 33 heavy (non-hydrogen) atoms. The van der Waals surface area contributed by atoms with Crippen LogP contribution in [-0.4, -0.2) is 91.3 Å². The number of imidazole rings is 1. The second-order valence-electron chi connectivity index (χ2n) is 7.41. The Kier molecular flexibility index (Phi) is 10.4. The van der Waals surface area contributed by atoms with Crippen molar-refractivity contribution in [2.45, 2.75) is 63.1 Å². The summed E-state index contributed by atoms with van der Waals surface area (Å²) < 4.78 is 0. The molecule has 15 nitrogen and oxygen atoms in total. The van der Waals surface area contributed by atoms with Gasteiger partial charge in [-0.05, 0) is 13.8 Å². The number of carbonyl (C=O) groups is 5. The maximum atomic E-state index is 12.9. The molecule has 6 unspecified atom stereocenters. The minimum absolute atomic E-state index is 0.113. The van der Waals surface area contributed by atoms with Gasteiger partial charge in [-0.3, -0.25) is 19.2 Å². The van der Waals surface area contributed by atoms with E-state index in [-0.39, 0.29) is 6.42 Å². The molecule has 0 saturated heterocycles. The summed E-state index contributed by atoms with van der Waals surface area (Å²) >= 11 is 0. The van der Waals surface area contributed by atoms with Crippen molar-refractivity contribution >= 4 is 29.6 Å². The third-order valence-electron chi connectivity index (χ3n) is 4.52. The van der Waals surface area contributed by atoms with Gasteiger partial charge in [-0.15, -0.1) is 0 Å². The van der Waals surface area contributed by atoms with Crippen LogP contribution in [-0.2, 0) is 30.4 Å². The minimum atomic E-state index is -1.68. The van der Waals surface area contributed by atoms with Gasteiger partial charge in [0, 0.05) is 18.3 Å². The van der Waals surface area contributed by atoms with Crippen LogP contribution in [0.3, 0.4) is 0 Å². The molecular formula is C18H29N7O8. The molecule has 0 aliphatic rings. The van der Waals surface area contributed by atoms with E-state index in [1.807, 2.05) is 5.32 Å². The number of aromatic nitrogens is 2. The number of nitrogens with one attached hydrogen (secondary N) is 4. The zero-order chi connectivity index (χ0) is 25.3. The van der Waals surface area contributed by atoms with Crippen LogP contribution in [0.4, 0.5) is 0 Å². The Hall–Kier alpha value is -3.56. The van der Waals surface area contributed by atoms with Crippen molar-refractivity contribution in [1.82, 2.24) is 25.9 Å². The second kappa shape index (κ2) is 12.5. The van der Waals surface area contributed by atoms with E-state index in [2.05, 4.69) is 20.6 Å². The zero-order valence-electron chi connectivity index (χ0n) is 18.0. The number of nitrogens with two attached hydrogens (primary N) is 2. The number of nitrogens with zero attached hydrogens (tertiary/aromatic N) is 1. The predicted molar refractivity (Wildman–Crippen MR) is 111 cm³/mol. The summed E-state index contributed by atoms with van der Waals surface area (Å²) in [6.45, 7) is 2.45. The van der Waals surface area contributed by atoms with Crippen LogP contribution in [0.1, 0.15) is 26.0 Å². The third-order valence-corrected chi connectivity index (χ3v) is 4.52. The summed E-state index contributed by atoms with van der Waals surface area (Å²) in [5.74, 6) is -5.40. The first kappa shape index (κ1) is 27.5. The van der Waals surface area contributed by atoms with Gasteiger partial charge < -0.3 is 47.7 Å². The number of aromatic amines is 1. The highest BCUT2D eigenvalue weighted by atomic mass is 16.4. The van der Waals surface area contributed by atoms with Crippen LogP contribution in [0.25, 0.3) is 0 Å². The molecule has 15 heteroatoms. The van der Waals surface area contributed by atoms with E-state index in [9.17, 15) is 34.2 Å². The number of hydrogen-bond acceptors (Lipinski definition) is 9. The van der Waals surface area contributed by atoms with Crippen molar-refractivity contribution in [3.05, 3.63) is 18.2 Å². The first-order chi connectivity index (χ1) is 15.3. The van der Waals surface area contributed by atoms with Gasteiger partial charge in [-0.1, -0.05) is 0 Å². The molecule has 1 heterocycles. The topological polar surface area (TPSA) is 263 Å². The first-order valence-electron chi connectivity index (χ1n) is 9.84. The van der Waals surface area contributed by atoms with Gasteiger partial charge in [-0.2, -0.15) is 0 Å². The SMILES string of the molecule is CC(O)C(N)C(=O)NC(Cc1cnc[nH]1)C(=O)NC(C(=O)NC(CC(N)=O)C(=O)O)C(C)O. The highest BCUT2D eigenvalue weighted by Crippen LogP contribution is 2.04. The number of primary amides is 1. The Labute approximate surface area is 188 Å². The minimum Gasteiger partial charge on any atom is -0.480 e. The summed E-state index contributed by atoms with van der Waals surface area (Å²) in [6, 6.07) is -5.97. The van der Waals surface area contributed by atoms with E-state index in [4.69, 9.17) is 16.6 Å². The molecule has 0 aliphatic carbocycles. The smallest absolute Gasteiger partial charge is 0.326 e. The van der Waals surface area contributed by atoms with Crippen LogP contribution < -0.4 is 27.4 Å². The van der Waals surface area contributed by atoms with E-state index < -0.39 is 72.4 Å². The van der Waals surface area contributed by atoms with Crippen molar-refractivity contribution in [2.24, 2.45) is 11.5 Å². The Bertz CT molecular complexity index is 843. The molecule has 0 bridgehead atoms. The number of carboxylic acids is 1. The van der Waals surface area contributed by atoms with Gasteiger partial charge in [0.15, 0.2) is 0 Å². The molecule has 0 fully saturated rings. The fourth-order valence-corrected chi connectivity index (χ4v) is 2.63. The molecule has 1 rings (SSSR count). The summed E-state index contributed by atoms with van der Waals surface area (Å²) in [5.41, 5.74) is 11.0. The lowest BCUT2D eigenvalue weighted by Crippen LogP contribution is -2.61. The number of aliphatic hydroxyl groups is 2. The Morgan fingerprint density at radius 3 is 2.06 bits per heavy atom. The van der Waals surface area contributed by atoms with Gasteiger partial charge >= 0.3 is 5.97 Å². The normalized spacial score (nSPS) is 16.4. The largest absolute Gasteiger partial charge is 0.480 e. The van der Waals surface area contributed by atoms with Crippen LogP contribution in [0.2, 0.25) is 0 Å². The number of carboxylic acid groups (broad SMARTS) is 1. The highest BCUT2D eigenvalue weighted by Gasteiger charge is 2.33. The number of H-pyrrole nitrogens is 1. The van der Waals surface area contributed by atoms with Gasteiger partial charge in [0.2, 0.25) is 23.6 Å². The predicted octanol–water partition coefficient (Wildman–Crippen LogP) is -4.54. The average Bonchev–Trinajstić information content (AvgIpc) is 3.22. The average molecular weight is 471 g/mol. The summed E-state index contributed by atoms with van der Waals surface area (Å²) in [5, 5.41) is 35.2. The monoisotopic (exact) mass is 471 g/mol. The molecule has 11 N–H and O–H groups in total. The molecule has 1 aromatic rings. The highest BCUT2D eigenvalue weighted by molar-refractivity contribution is 5.95. The van der Waals surface area contributed by atoms with Crippen LogP contribution in [0.15, 0.2) is 12.5 Å². The molecule has 6 atom stereocenters. The van der Waals surface area contributed by atoms with Gasteiger partial charge in [0.1, 0.15) is 24.2 Å². The third kappa shape index (κ3) is 8.83. The first-order valence-corrected chi connectivity index (χ1v) is 9.84. The molecule has 0 saturated carbocycles. The molecule has 0 radical (unpaired) electrons. The number of rotatable bonds is 13. The lowest BCUT2D eigenvalue weighted by molar-refractivity contribution is -0.144. The maximum absolute atomic E-state index is 12.9. The molecule has 0 aromatic carbocycles. The van der Waals surface area contributed by atoms with Crippen molar-refractivity contribution in [2.75, 3.05) is 0 Å². The summed E-state index contributed by atoms with van der Waals surface area (Å²) in [7, 11) is 0. The maximum Gasteiger partial charge on any atom is 0.326 e. The lowest BCUT2D eigenvalue weighted by atomic mass is 10.1. The van der Waals surface area contributed by atoms with Crippen molar-refractivity contribution in [3.63, 3.8) is 0 Å². The summed E-state index contributed by atoms with van der Waals surface area (Å²) in [6.07, 6.45) is -0.795. The molecule has 4 amide bonds. The molecule has 0 aliphatic heterocycles. The van der Waals surface area contributed by atoms with E-state index >= 15 is 0 Å². The van der Waals surface area contributed by atoms with Gasteiger partial charge in [0.25, 0.3) is 0 Å². The second-order valence-corrected chi connectivity index (χ2v) is 7.41. The van der Waals surface area contributed by atoms with E-state index in [1.165, 1.54) is 26.4 Å². The molecule has 184 valence electrons. The van der Waals surface area contributed by atoms with Crippen molar-refractivity contribution < 1.29 is 39.3 Å². The van der Waals surface area contributed by atoms with Crippen molar-refractivity contribution in [3.8, 4) is 0 Å². The zero-order valence-corrected chi connectivity index (χ0v) is 18.0. The number of carbonyl (C=O) groups excluding carboxylic acids is 4.